The van der Waals surface area contributed by atoms with Crippen LogP contribution in [0, 0.1) is 5.92 Å². The molecule has 2 N–H and O–H groups in total. The molecule has 5 nitrogen and oxygen atoms in total. The van der Waals surface area contributed by atoms with E-state index in [-0.39, 0.29) is 19.0 Å². The van der Waals surface area contributed by atoms with Crippen molar-refractivity contribution in [2.45, 2.75) is 32.3 Å². The predicted octanol–water partition coefficient (Wildman–Crippen LogP) is 1.95. The van der Waals surface area contributed by atoms with Crippen LogP contribution in [0.1, 0.15) is 32.3 Å². The highest BCUT2D eigenvalue weighted by Crippen LogP contribution is 2.45. The maximum atomic E-state index is 12.1. The van der Waals surface area contributed by atoms with Crippen LogP contribution in [0.15, 0.2) is 18.2 Å². The largest absolute Gasteiger partial charge is 0.508 e. The minimum atomic E-state index is -1.40. The number of hydrogen-bond acceptors (Lipinski definition) is 5. The van der Waals surface area contributed by atoms with Gasteiger partial charge in [0.25, 0.3) is 0 Å². The Morgan fingerprint density at radius 3 is 2.90 bits per heavy atom. The van der Waals surface area contributed by atoms with Crippen molar-refractivity contribution in [3.8, 4) is 11.5 Å². The first kappa shape index (κ1) is 14.7. The van der Waals surface area contributed by atoms with Gasteiger partial charge in [0.1, 0.15) is 23.7 Å². The van der Waals surface area contributed by atoms with E-state index in [0.717, 1.165) is 6.42 Å². The predicted molar refractivity (Wildman–Crippen MR) is 72.5 cm³/mol. The van der Waals surface area contributed by atoms with Crippen LogP contribution in [-0.2, 0) is 15.1 Å². The molecule has 2 atom stereocenters. The molecule has 2 rings (SSSR count). The quantitative estimate of drug-likeness (QED) is 0.806. The Bertz CT molecular complexity index is 499. The molecule has 0 fully saturated rings. The first-order chi connectivity index (χ1) is 9.52. The molecule has 0 aliphatic carbocycles. The summed E-state index contributed by atoms with van der Waals surface area (Å²) in [6.07, 6.45) is 1.26. The van der Waals surface area contributed by atoms with E-state index in [9.17, 15) is 15.0 Å². The van der Waals surface area contributed by atoms with Gasteiger partial charge in [-0.1, -0.05) is 13.3 Å². The van der Waals surface area contributed by atoms with E-state index in [4.69, 9.17) is 9.47 Å². The zero-order chi connectivity index (χ0) is 14.8. The van der Waals surface area contributed by atoms with Crippen molar-refractivity contribution in [2.75, 3.05) is 13.2 Å². The summed E-state index contributed by atoms with van der Waals surface area (Å²) in [5.41, 5.74) is -0.868. The molecule has 0 amide bonds. The van der Waals surface area contributed by atoms with Crippen LogP contribution >= 0.6 is 0 Å². The molecule has 1 aliphatic rings. The molecular formula is C15H20O5. The van der Waals surface area contributed by atoms with Crippen molar-refractivity contribution in [1.82, 2.24) is 0 Å². The van der Waals surface area contributed by atoms with Gasteiger partial charge in [0.2, 0.25) is 0 Å². The lowest BCUT2D eigenvalue weighted by Gasteiger charge is -2.29. The van der Waals surface area contributed by atoms with E-state index in [1.54, 1.807) is 13.0 Å². The number of aliphatic hydroxyl groups is 1. The molecule has 0 bridgehead atoms. The van der Waals surface area contributed by atoms with Gasteiger partial charge in [0.05, 0.1) is 12.5 Å². The standard InChI is InChI=1S/C15H20O5/c1-3-5-12(14(17)19-4-2)15(18)9-20-13-8-10(16)6-7-11(13)15/h6-8,12,16,18H,3-5,9H2,1-2H3. The number of carbonyl (C=O) groups excluding carboxylic acids is 1. The van der Waals surface area contributed by atoms with Crippen LogP contribution < -0.4 is 4.74 Å². The molecular weight excluding hydrogens is 260 g/mol. The molecule has 1 aliphatic heterocycles. The first-order valence-corrected chi connectivity index (χ1v) is 6.88. The van der Waals surface area contributed by atoms with Gasteiger partial charge in [-0.25, -0.2) is 0 Å². The Hall–Kier alpha value is -1.75. The van der Waals surface area contributed by atoms with Crippen molar-refractivity contribution in [2.24, 2.45) is 5.92 Å². The molecule has 5 heteroatoms. The smallest absolute Gasteiger partial charge is 0.312 e. The van der Waals surface area contributed by atoms with E-state index in [2.05, 4.69) is 0 Å². The number of hydrogen-bond donors (Lipinski definition) is 2. The first-order valence-electron chi connectivity index (χ1n) is 6.88. The fraction of sp³-hybridized carbons (Fsp3) is 0.533. The summed E-state index contributed by atoms with van der Waals surface area (Å²) < 4.78 is 10.5. The van der Waals surface area contributed by atoms with E-state index >= 15 is 0 Å². The molecule has 0 saturated carbocycles. The maximum absolute atomic E-state index is 12.1. The second kappa shape index (κ2) is 5.71. The highest BCUT2D eigenvalue weighted by atomic mass is 16.5. The summed E-state index contributed by atoms with van der Waals surface area (Å²) in [4.78, 5) is 12.1. The Balaban J connectivity index is 2.36. The average Bonchev–Trinajstić information content (AvgIpc) is 2.74. The Morgan fingerprint density at radius 2 is 2.25 bits per heavy atom. The molecule has 20 heavy (non-hydrogen) atoms. The monoisotopic (exact) mass is 280 g/mol. The van der Waals surface area contributed by atoms with Crippen LogP contribution in [0.3, 0.4) is 0 Å². The summed E-state index contributed by atoms with van der Waals surface area (Å²) in [7, 11) is 0. The molecule has 2 unspecified atom stereocenters. The van der Waals surface area contributed by atoms with Gasteiger partial charge in [-0.3, -0.25) is 4.79 Å². The minimum Gasteiger partial charge on any atom is -0.508 e. The molecule has 1 aromatic carbocycles. The minimum absolute atomic E-state index is 0.00469. The Morgan fingerprint density at radius 1 is 1.50 bits per heavy atom. The summed E-state index contributed by atoms with van der Waals surface area (Å²) in [5, 5.41) is 20.4. The average molecular weight is 280 g/mol. The zero-order valence-electron chi connectivity index (χ0n) is 11.8. The fourth-order valence-corrected chi connectivity index (χ4v) is 2.63. The van der Waals surface area contributed by atoms with Crippen LogP contribution in [0.2, 0.25) is 0 Å². The summed E-state index contributed by atoms with van der Waals surface area (Å²) in [6, 6.07) is 4.52. The highest BCUT2D eigenvalue weighted by Gasteiger charge is 2.49. The number of fused-ring (bicyclic) bond motifs is 1. The summed E-state index contributed by atoms with van der Waals surface area (Å²) in [5.74, 6) is -0.603. The normalized spacial score (nSPS) is 21.9. The Kier molecular flexibility index (Phi) is 4.18. The Labute approximate surface area is 118 Å². The highest BCUT2D eigenvalue weighted by molar-refractivity contribution is 5.75. The van der Waals surface area contributed by atoms with E-state index in [0.29, 0.717) is 17.7 Å². The van der Waals surface area contributed by atoms with Crippen LogP contribution in [0.25, 0.3) is 0 Å². The van der Waals surface area contributed by atoms with Crippen LogP contribution in [0.5, 0.6) is 11.5 Å². The SMILES string of the molecule is CCCC(C(=O)OCC)C1(O)COc2cc(O)ccc21. The number of aromatic hydroxyl groups is 1. The third kappa shape index (κ3) is 2.45. The molecule has 0 aromatic heterocycles. The molecule has 0 saturated heterocycles. The molecule has 110 valence electrons. The van der Waals surface area contributed by atoms with E-state index < -0.39 is 17.5 Å². The second-order valence-electron chi connectivity index (χ2n) is 4.99. The number of esters is 1. The summed E-state index contributed by atoms with van der Waals surface area (Å²) >= 11 is 0. The van der Waals surface area contributed by atoms with Crippen molar-refractivity contribution >= 4 is 5.97 Å². The van der Waals surface area contributed by atoms with Gasteiger partial charge in [-0.15, -0.1) is 0 Å². The lowest BCUT2D eigenvalue weighted by molar-refractivity contribution is -0.161. The van der Waals surface area contributed by atoms with Gasteiger partial charge in [0.15, 0.2) is 0 Å². The lowest BCUT2D eigenvalue weighted by atomic mass is 9.80. The molecule has 0 spiro atoms. The number of rotatable bonds is 5. The third-order valence-electron chi connectivity index (χ3n) is 3.60. The lowest BCUT2D eigenvalue weighted by Crippen LogP contribution is -2.42. The fourth-order valence-electron chi connectivity index (χ4n) is 2.63. The van der Waals surface area contributed by atoms with E-state index in [1.807, 2.05) is 6.92 Å². The van der Waals surface area contributed by atoms with Gasteiger partial charge in [-0.2, -0.15) is 0 Å². The van der Waals surface area contributed by atoms with Gasteiger partial charge in [-0.05, 0) is 25.5 Å². The maximum Gasteiger partial charge on any atom is 0.312 e. The number of benzene rings is 1. The third-order valence-corrected chi connectivity index (χ3v) is 3.60. The van der Waals surface area contributed by atoms with Crippen molar-refractivity contribution in [3.05, 3.63) is 23.8 Å². The van der Waals surface area contributed by atoms with Crippen molar-refractivity contribution in [1.29, 1.82) is 0 Å². The van der Waals surface area contributed by atoms with Crippen LogP contribution in [0.4, 0.5) is 0 Å². The molecule has 1 aromatic rings. The number of phenolic OH excluding ortho intramolecular Hbond substituents is 1. The van der Waals surface area contributed by atoms with Crippen LogP contribution in [-0.4, -0.2) is 29.4 Å². The van der Waals surface area contributed by atoms with Crippen molar-refractivity contribution in [3.63, 3.8) is 0 Å². The number of carbonyl (C=O) groups is 1. The van der Waals surface area contributed by atoms with Crippen molar-refractivity contribution < 1.29 is 24.5 Å². The second-order valence-corrected chi connectivity index (χ2v) is 4.99. The van der Waals surface area contributed by atoms with Gasteiger partial charge < -0.3 is 19.7 Å². The van der Waals surface area contributed by atoms with Gasteiger partial charge >= 0.3 is 5.97 Å². The number of ether oxygens (including phenoxy) is 2. The molecule has 0 radical (unpaired) electrons. The molecule has 1 heterocycles. The van der Waals surface area contributed by atoms with E-state index in [1.165, 1.54) is 12.1 Å². The topological polar surface area (TPSA) is 76.0 Å². The summed E-state index contributed by atoms with van der Waals surface area (Å²) in [6.45, 7) is 3.96. The van der Waals surface area contributed by atoms with Gasteiger partial charge in [0, 0.05) is 11.6 Å². The number of phenols is 1. The zero-order valence-corrected chi connectivity index (χ0v) is 11.8.